The molecule has 212 valence electrons. The summed E-state index contributed by atoms with van der Waals surface area (Å²) in [6.45, 7) is 4.07. The van der Waals surface area contributed by atoms with Crippen LogP contribution in [0.3, 0.4) is 0 Å². The molecule has 0 saturated carbocycles. The molecule has 42 heavy (non-hydrogen) atoms. The van der Waals surface area contributed by atoms with E-state index in [-0.39, 0.29) is 0 Å². The number of aryl methyl sites for hydroxylation is 2. The van der Waals surface area contributed by atoms with Crippen LogP contribution in [0.2, 0.25) is 0 Å². The highest BCUT2D eigenvalue weighted by Crippen LogP contribution is 2.52. The molecule has 2 amide bonds. The average Bonchev–Trinajstić information content (AvgIpc) is 3.03. The van der Waals surface area contributed by atoms with Gasteiger partial charge >= 0.3 is 11.8 Å². The second kappa shape index (κ2) is 13.8. The van der Waals surface area contributed by atoms with E-state index in [0.29, 0.717) is 22.8 Å². The molecule has 0 radical (unpaired) electrons. The van der Waals surface area contributed by atoms with Gasteiger partial charge in [-0.1, -0.05) is 96.1 Å². The number of carbonyl (C=O) groups excluding carboxylic acids is 2. The fourth-order valence-corrected chi connectivity index (χ4v) is 9.40. The van der Waals surface area contributed by atoms with Crippen LogP contribution in [0, 0.1) is 13.8 Å². The Morgan fingerprint density at radius 3 is 1.14 bits per heavy atom. The molecule has 4 aromatic rings. The number of anilines is 2. The molecule has 4 aromatic carbocycles. The van der Waals surface area contributed by atoms with Crippen molar-refractivity contribution in [1.82, 2.24) is 0 Å². The minimum absolute atomic E-state index is 0.628. The number of carbonyl (C=O) groups is 2. The minimum atomic E-state index is -0.634. The van der Waals surface area contributed by atoms with Gasteiger partial charge in [-0.05, 0) is 72.2 Å². The van der Waals surface area contributed by atoms with Crippen molar-refractivity contribution in [2.45, 2.75) is 13.8 Å². The Morgan fingerprint density at radius 1 is 0.500 bits per heavy atom. The SMILES string of the molecule is CS/C1=C(\c2ccc(C)cc2)N(c2ccccc2)C(=O)C(=O)N(c2ccccc2)/C(c2ccc(C)cc2)=C(/SC)SS1. The first-order valence-corrected chi connectivity index (χ1v) is 17.9. The quantitative estimate of drug-likeness (QED) is 0.157. The van der Waals surface area contributed by atoms with Crippen LogP contribution in [-0.4, -0.2) is 24.3 Å². The Labute approximate surface area is 264 Å². The molecule has 0 atom stereocenters. The van der Waals surface area contributed by atoms with E-state index in [1.165, 1.54) is 0 Å². The van der Waals surface area contributed by atoms with Crippen molar-refractivity contribution in [3.05, 3.63) is 140 Å². The summed E-state index contributed by atoms with van der Waals surface area (Å²) in [6, 6.07) is 35.1. The van der Waals surface area contributed by atoms with E-state index in [9.17, 15) is 9.59 Å². The van der Waals surface area contributed by atoms with E-state index in [2.05, 4.69) is 0 Å². The van der Waals surface area contributed by atoms with Crippen molar-refractivity contribution in [3.63, 3.8) is 0 Å². The van der Waals surface area contributed by atoms with E-state index in [1.54, 1.807) is 54.9 Å². The van der Waals surface area contributed by atoms with Gasteiger partial charge in [0.2, 0.25) is 0 Å². The minimum Gasteiger partial charge on any atom is -0.270 e. The van der Waals surface area contributed by atoms with Gasteiger partial charge in [-0.15, -0.1) is 23.5 Å². The van der Waals surface area contributed by atoms with Crippen molar-refractivity contribution in [3.8, 4) is 0 Å². The number of benzene rings is 4. The third kappa shape index (κ3) is 6.37. The molecule has 0 bridgehead atoms. The zero-order valence-electron chi connectivity index (χ0n) is 23.7. The van der Waals surface area contributed by atoms with Crippen LogP contribution in [0.15, 0.2) is 118 Å². The highest BCUT2D eigenvalue weighted by molar-refractivity contribution is 8.83. The number of hydrogen-bond acceptors (Lipinski definition) is 6. The van der Waals surface area contributed by atoms with Gasteiger partial charge in [-0.2, -0.15) is 0 Å². The number of amides is 2. The van der Waals surface area contributed by atoms with E-state index in [1.807, 2.05) is 136 Å². The first kappa shape index (κ1) is 30.2. The highest BCUT2D eigenvalue weighted by Gasteiger charge is 2.37. The fraction of sp³-hybridized carbons (Fsp3) is 0.118. The second-order valence-electron chi connectivity index (χ2n) is 9.53. The lowest BCUT2D eigenvalue weighted by Crippen LogP contribution is -2.45. The van der Waals surface area contributed by atoms with Crippen molar-refractivity contribution in [2.24, 2.45) is 0 Å². The maximum atomic E-state index is 14.7. The summed E-state index contributed by atoms with van der Waals surface area (Å²) < 4.78 is 1.86. The maximum absolute atomic E-state index is 14.7. The molecule has 0 saturated heterocycles. The number of para-hydroxylation sites is 2. The Morgan fingerprint density at radius 2 is 0.833 bits per heavy atom. The van der Waals surface area contributed by atoms with Crippen molar-refractivity contribution in [1.29, 1.82) is 0 Å². The summed E-state index contributed by atoms with van der Waals surface area (Å²) in [7, 11) is 3.22. The van der Waals surface area contributed by atoms with Crippen LogP contribution in [0.5, 0.6) is 0 Å². The molecule has 1 aliphatic rings. The van der Waals surface area contributed by atoms with Crippen molar-refractivity contribution < 1.29 is 9.59 Å². The molecule has 0 fully saturated rings. The Hall–Kier alpha value is -3.30. The lowest BCUT2D eigenvalue weighted by Gasteiger charge is -2.33. The summed E-state index contributed by atoms with van der Waals surface area (Å²) in [5.74, 6) is -1.27. The molecule has 1 aliphatic heterocycles. The molecule has 8 heteroatoms. The third-order valence-electron chi connectivity index (χ3n) is 6.67. The molecule has 0 aliphatic carbocycles. The van der Waals surface area contributed by atoms with Crippen LogP contribution in [0.25, 0.3) is 11.4 Å². The van der Waals surface area contributed by atoms with Crippen LogP contribution in [0.1, 0.15) is 22.3 Å². The smallest absolute Gasteiger partial charge is 0.270 e. The van der Waals surface area contributed by atoms with Gasteiger partial charge in [0.25, 0.3) is 0 Å². The summed E-state index contributed by atoms with van der Waals surface area (Å²) >= 11 is 3.15. The molecule has 0 N–H and O–H groups in total. The Balaban J connectivity index is 1.82. The van der Waals surface area contributed by atoms with Gasteiger partial charge in [0.05, 0.1) is 19.9 Å². The van der Waals surface area contributed by atoms with E-state index < -0.39 is 11.8 Å². The highest BCUT2D eigenvalue weighted by atomic mass is 33.1. The first-order chi connectivity index (χ1) is 20.4. The Bertz CT molecular complexity index is 1510. The molecule has 0 aromatic heterocycles. The number of thioether (sulfide) groups is 2. The summed E-state index contributed by atoms with van der Waals surface area (Å²) in [6.07, 6.45) is 4.02. The van der Waals surface area contributed by atoms with Gasteiger partial charge in [0.1, 0.15) is 0 Å². The number of nitrogens with zero attached hydrogens (tertiary/aromatic N) is 2. The number of hydrogen-bond donors (Lipinski definition) is 0. The van der Waals surface area contributed by atoms with Gasteiger partial charge < -0.3 is 0 Å². The van der Waals surface area contributed by atoms with Gasteiger partial charge in [0, 0.05) is 22.5 Å². The fourth-order valence-electron chi connectivity index (χ4n) is 4.56. The largest absolute Gasteiger partial charge is 0.321 e. The zero-order valence-corrected chi connectivity index (χ0v) is 27.0. The monoisotopic (exact) mass is 626 g/mol. The molecule has 0 unspecified atom stereocenters. The molecule has 5 rings (SSSR count). The van der Waals surface area contributed by atoms with Crippen LogP contribution in [0.4, 0.5) is 11.4 Å². The normalized spacial score (nSPS) is 18.4. The standard InChI is InChI=1S/C34H30N2O2S4/c1-23-15-19-25(20-16-23)29-33(39-3)41-42-34(40-4)30(26-21-17-24(2)18-22-26)36(28-13-9-6-10-14-28)32(38)31(37)35(29)27-11-7-5-8-12-27/h5-22H,1-4H3/b33-29-,34-30-. The summed E-state index contributed by atoms with van der Waals surface area (Å²) in [5, 5.41) is 0. The maximum Gasteiger partial charge on any atom is 0.321 e. The number of rotatable bonds is 6. The third-order valence-corrected chi connectivity index (χ3v) is 11.9. The molecule has 4 nitrogen and oxygen atoms in total. The lowest BCUT2D eigenvalue weighted by molar-refractivity contribution is -0.135. The summed E-state index contributed by atoms with van der Waals surface area (Å²) in [5.41, 5.74) is 6.60. The second-order valence-corrected chi connectivity index (χ2v) is 13.8. The van der Waals surface area contributed by atoms with Gasteiger partial charge in [0.15, 0.2) is 0 Å². The van der Waals surface area contributed by atoms with E-state index in [0.717, 1.165) is 30.7 Å². The molecule has 0 spiro atoms. The van der Waals surface area contributed by atoms with Crippen molar-refractivity contribution >= 4 is 79.7 Å². The predicted octanol–water partition coefficient (Wildman–Crippen LogP) is 9.44. The van der Waals surface area contributed by atoms with Crippen LogP contribution < -0.4 is 9.80 Å². The topological polar surface area (TPSA) is 40.6 Å². The molecule has 1 heterocycles. The van der Waals surface area contributed by atoms with Gasteiger partial charge in [-0.3, -0.25) is 19.4 Å². The summed E-state index contributed by atoms with van der Waals surface area (Å²) in [4.78, 5) is 32.6. The van der Waals surface area contributed by atoms with Gasteiger partial charge in [-0.25, -0.2) is 0 Å². The Kier molecular flexibility index (Phi) is 9.90. The lowest BCUT2D eigenvalue weighted by atomic mass is 10.1. The zero-order chi connectivity index (χ0) is 29.6. The molecular weight excluding hydrogens is 597 g/mol. The van der Waals surface area contributed by atoms with E-state index in [4.69, 9.17) is 0 Å². The first-order valence-electron chi connectivity index (χ1n) is 13.3. The predicted molar refractivity (Wildman–Crippen MR) is 186 cm³/mol. The average molecular weight is 627 g/mol. The van der Waals surface area contributed by atoms with Crippen molar-refractivity contribution in [2.75, 3.05) is 22.3 Å². The van der Waals surface area contributed by atoms with Crippen LogP contribution in [-0.2, 0) is 9.59 Å². The molecular formula is C34H30N2O2S4. The van der Waals surface area contributed by atoms with E-state index >= 15 is 0 Å². The van der Waals surface area contributed by atoms with Crippen LogP contribution >= 0.6 is 45.1 Å².